The monoisotopic (exact) mass is 322 g/mol. The van der Waals surface area contributed by atoms with Crippen LogP contribution in [0.4, 0.5) is 0 Å². The van der Waals surface area contributed by atoms with Gasteiger partial charge in [0.15, 0.2) is 5.82 Å². The molecule has 0 aromatic carbocycles. The zero-order valence-corrected chi connectivity index (χ0v) is 14.0. The highest BCUT2D eigenvalue weighted by Gasteiger charge is 2.44. The Labute approximate surface area is 136 Å². The summed E-state index contributed by atoms with van der Waals surface area (Å²) in [7, 11) is 0. The maximum atomic E-state index is 11.5. The van der Waals surface area contributed by atoms with E-state index in [1.807, 2.05) is 11.8 Å². The molecule has 1 aromatic heterocycles. The van der Waals surface area contributed by atoms with E-state index in [9.17, 15) is 9.90 Å². The number of piperidine rings is 2. The van der Waals surface area contributed by atoms with E-state index in [2.05, 4.69) is 15.0 Å². The second-order valence-corrected chi connectivity index (χ2v) is 6.97. The summed E-state index contributed by atoms with van der Waals surface area (Å²) >= 11 is 0. The van der Waals surface area contributed by atoms with Gasteiger partial charge < -0.3 is 14.5 Å². The molecule has 0 radical (unpaired) electrons. The number of nitrogens with zero attached hydrogens (tertiary/aromatic N) is 4. The standard InChI is InChI=1S/C16H26N4O3/c1-12-17-15(23-18-12)10-19-6-3-16(14(9-19)11-21)4-7-20(8-5-16)13(2)22/h14,21H,3-11H2,1-2H3. The predicted molar refractivity (Wildman–Crippen MR) is 83.4 cm³/mol. The minimum atomic E-state index is 0.157. The van der Waals surface area contributed by atoms with Crippen molar-refractivity contribution in [3.63, 3.8) is 0 Å². The first-order valence-electron chi connectivity index (χ1n) is 8.40. The first kappa shape index (κ1) is 16.4. The summed E-state index contributed by atoms with van der Waals surface area (Å²) < 4.78 is 5.20. The molecule has 2 aliphatic heterocycles. The van der Waals surface area contributed by atoms with E-state index in [4.69, 9.17) is 4.52 Å². The summed E-state index contributed by atoms with van der Waals surface area (Å²) in [6, 6.07) is 0. The van der Waals surface area contributed by atoms with Crippen LogP contribution in [0.2, 0.25) is 0 Å². The van der Waals surface area contributed by atoms with Crippen LogP contribution in [0, 0.1) is 18.3 Å². The number of rotatable bonds is 3. The lowest BCUT2D eigenvalue weighted by Crippen LogP contribution is -2.53. The van der Waals surface area contributed by atoms with E-state index in [1.165, 1.54) is 0 Å². The Balaban J connectivity index is 1.62. The van der Waals surface area contributed by atoms with Gasteiger partial charge in [0.05, 0.1) is 6.54 Å². The SMILES string of the molecule is CC(=O)N1CCC2(CCN(Cc3nc(C)no3)CC2CO)CC1. The van der Waals surface area contributed by atoms with Crippen molar-refractivity contribution in [1.82, 2.24) is 19.9 Å². The van der Waals surface area contributed by atoms with E-state index in [-0.39, 0.29) is 23.8 Å². The molecule has 1 spiro atoms. The minimum absolute atomic E-state index is 0.157. The van der Waals surface area contributed by atoms with Crippen LogP contribution in [0.5, 0.6) is 0 Å². The van der Waals surface area contributed by atoms with Crippen LogP contribution in [-0.4, -0.2) is 63.7 Å². The smallest absolute Gasteiger partial charge is 0.240 e. The molecule has 1 unspecified atom stereocenters. The lowest BCUT2D eigenvalue weighted by atomic mass is 9.64. The van der Waals surface area contributed by atoms with Gasteiger partial charge in [-0.1, -0.05) is 5.16 Å². The molecule has 7 heteroatoms. The van der Waals surface area contributed by atoms with Crippen LogP contribution in [-0.2, 0) is 11.3 Å². The number of carbonyl (C=O) groups is 1. The van der Waals surface area contributed by atoms with Gasteiger partial charge >= 0.3 is 0 Å². The van der Waals surface area contributed by atoms with Crippen molar-refractivity contribution in [3.05, 3.63) is 11.7 Å². The summed E-state index contributed by atoms with van der Waals surface area (Å²) in [5.74, 6) is 1.70. The Kier molecular flexibility index (Phi) is 4.68. The van der Waals surface area contributed by atoms with Crippen molar-refractivity contribution >= 4 is 5.91 Å². The summed E-state index contributed by atoms with van der Waals surface area (Å²) in [5.41, 5.74) is 0.169. The van der Waals surface area contributed by atoms with Crippen LogP contribution in [0.25, 0.3) is 0 Å². The average molecular weight is 322 g/mol. The Bertz CT molecular complexity index is 551. The Morgan fingerprint density at radius 2 is 2.04 bits per heavy atom. The van der Waals surface area contributed by atoms with Crippen molar-refractivity contribution in [3.8, 4) is 0 Å². The van der Waals surface area contributed by atoms with Crippen LogP contribution in [0.1, 0.15) is 37.9 Å². The molecular weight excluding hydrogens is 296 g/mol. The topological polar surface area (TPSA) is 82.7 Å². The highest BCUT2D eigenvalue weighted by molar-refractivity contribution is 5.73. The fraction of sp³-hybridized carbons (Fsp3) is 0.812. The van der Waals surface area contributed by atoms with Gasteiger partial charge in [0, 0.05) is 39.1 Å². The summed E-state index contributed by atoms with van der Waals surface area (Å²) in [6.07, 6.45) is 3.04. The normalized spacial score (nSPS) is 25.0. The lowest BCUT2D eigenvalue weighted by molar-refractivity contribution is -0.133. The van der Waals surface area contributed by atoms with Crippen molar-refractivity contribution in [2.75, 3.05) is 32.8 Å². The predicted octanol–water partition coefficient (Wildman–Crippen LogP) is 0.821. The highest BCUT2D eigenvalue weighted by atomic mass is 16.5. The number of aliphatic hydroxyl groups excluding tert-OH is 1. The van der Waals surface area contributed by atoms with Gasteiger partial charge in [-0.05, 0) is 38.1 Å². The number of likely N-dealkylation sites (tertiary alicyclic amines) is 2. The minimum Gasteiger partial charge on any atom is -0.396 e. The largest absolute Gasteiger partial charge is 0.396 e. The Morgan fingerprint density at radius 1 is 1.35 bits per heavy atom. The number of carbonyl (C=O) groups excluding carboxylic acids is 1. The number of aliphatic hydroxyl groups is 1. The van der Waals surface area contributed by atoms with Crippen molar-refractivity contribution < 1.29 is 14.4 Å². The molecule has 2 aliphatic rings. The van der Waals surface area contributed by atoms with Gasteiger partial charge in [-0.2, -0.15) is 4.98 Å². The van der Waals surface area contributed by atoms with Crippen LogP contribution >= 0.6 is 0 Å². The van der Waals surface area contributed by atoms with E-state index in [0.717, 1.165) is 45.4 Å². The molecule has 3 heterocycles. The molecule has 1 N–H and O–H groups in total. The Hall–Kier alpha value is -1.47. The molecule has 1 amide bonds. The van der Waals surface area contributed by atoms with Crippen LogP contribution < -0.4 is 0 Å². The number of hydrogen-bond acceptors (Lipinski definition) is 6. The average Bonchev–Trinajstić information content (AvgIpc) is 2.95. The van der Waals surface area contributed by atoms with Crippen LogP contribution in [0.3, 0.4) is 0 Å². The molecule has 23 heavy (non-hydrogen) atoms. The highest BCUT2D eigenvalue weighted by Crippen LogP contribution is 2.45. The molecule has 0 saturated carbocycles. The van der Waals surface area contributed by atoms with E-state index in [0.29, 0.717) is 18.3 Å². The second kappa shape index (κ2) is 6.57. The molecule has 0 aliphatic carbocycles. The van der Waals surface area contributed by atoms with Crippen molar-refractivity contribution in [2.45, 2.75) is 39.7 Å². The number of amides is 1. The molecule has 1 aromatic rings. The van der Waals surface area contributed by atoms with Crippen LogP contribution in [0.15, 0.2) is 4.52 Å². The zero-order chi connectivity index (χ0) is 16.4. The number of hydrogen-bond donors (Lipinski definition) is 1. The zero-order valence-electron chi connectivity index (χ0n) is 14.0. The molecule has 7 nitrogen and oxygen atoms in total. The number of aromatic nitrogens is 2. The Morgan fingerprint density at radius 3 is 2.61 bits per heavy atom. The number of aryl methyl sites for hydroxylation is 1. The van der Waals surface area contributed by atoms with Gasteiger partial charge in [-0.3, -0.25) is 9.69 Å². The summed E-state index contributed by atoms with van der Waals surface area (Å²) in [6.45, 7) is 7.74. The maximum Gasteiger partial charge on any atom is 0.240 e. The lowest BCUT2D eigenvalue weighted by Gasteiger charge is -2.51. The maximum absolute atomic E-state index is 11.5. The summed E-state index contributed by atoms with van der Waals surface area (Å²) in [4.78, 5) is 20.0. The van der Waals surface area contributed by atoms with Crippen molar-refractivity contribution in [2.24, 2.45) is 11.3 Å². The molecule has 2 saturated heterocycles. The second-order valence-electron chi connectivity index (χ2n) is 6.97. The summed E-state index contributed by atoms with van der Waals surface area (Å²) in [5, 5.41) is 13.7. The van der Waals surface area contributed by atoms with E-state index in [1.54, 1.807) is 6.92 Å². The molecule has 1 atom stereocenters. The van der Waals surface area contributed by atoms with Gasteiger partial charge in [-0.25, -0.2) is 0 Å². The van der Waals surface area contributed by atoms with Gasteiger partial charge in [-0.15, -0.1) is 0 Å². The molecular formula is C16H26N4O3. The fourth-order valence-electron chi connectivity index (χ4n) is 4.10. The quantitative estimate of drug-likeness (QED) is 0.887. The third-order valence-electron chi connectivity index (χ3n) is 5.62. The first-order valence-corrected chi connectivity index (χ1v) is 8.40. The molecule has 128 valence electrons. The van der Waals surface area contributed by atoms with E-state index >= 15 is 0 Å². The fourth-order valence-corrected chi connectivity index (χ4v) is 4.10. The van der Waals surface area contributed by atoms with Gasteiger partial charge in [0.25, 0.3) is 0 Å². The first-order chi connectivity index (χ1) is 11.0. The third kappa shape index (κ3) is 3.40. The molecule has 0 bridgehead atoms. The van der Waals surface area contributed by atoms with Gasteiger partial charge in [0.2, 0.25) is 11.8 Å². The van der Waals surface area contributed by atoms with Crippen molar-refractivity contribution in [1.29, 1.82) is 0 Å². The molecule has 3 rings (SSSR count). The van der Waals surface area contributed by atoms with E-state index < -0.39 is 0 Å². The van der Waals surface area contributed by atoms with Gasteiger partial charge in [0.1, 0.15) is 0 Å². The third-order valence-corrected chi connectivity index (χ3v) is 5.62. The molecule has 2 fully saturated rings.